The first-order valence-electron chi connectivity index (χ1n) is 5.69. The number of nitrogens with two attached hydrogens (primary N) is 1. The van der Waals surface area contributed by atoms with Crippen LogP contribution in [0, 0.1) is 0 Å². The number of aliphatic hydroxyl groups excluding tert-OH is 1. The van der Waals surface area contributed by atoms with Gasteiger partial charge in [-0.05, 0) is 23.6 Å². The lowest BCUT2D eigenvalue weighted by Gasteiger charge is -2.30. The van der Waals surface area contributed by atoms with E-state index in [4.69, 9.17) is 10.8 Å². The molecule has 0 spiro atoms. The monoisotopic (exact) mass is 260 g/mol. The molecule has 0 saturated heterocycles. The van der Waals surface area contributed by atoms with Gasteiger partial charge in [-0.1, -0.05) is 6.07 Å². The number of halogens is 3. The molecule has 0 amide bonds. The van der Waals surface area contributed by atoms with Crippen LogP contribution in [0.5, 0.6) is 0 Å². The van der Waals surface area contributed by atoms with Crippen LogP contribution in [0.25, 0.3) is 0 Å². The highest BCUT2D eigenvalue weighted by atomic mass is 19.4. The summed E-state index contributed by atoms with van der Waals surface area (Å²) < 4.78 is 36.9. The zero-order valence-electron chi connectivity index (χ0n) is 9.80. The number of aliphatic hydroxyl groups is 1. The van der Waals surface area contributed by atoms with Crippen LogP contribution in [0.4, 0.5) is 18.9 Å². The Morgan fingerprint density at radius 2 is 2.00 bits per heavy atom. The maximum atomic E-state index is 12.3. The fourth-order valence-electron chi connectivity index (χ4n) is 2.26. The molecule has 1 aliphatic heterocycles. The molecule has 1 heterocycles. The number of alkyl halides is 3. The first-order chi connectivity index (χ1) is 8.39. The van der Waals surface area contributed by atoms with Gasteiger partial charge in [-0.3, -0.25) is 4.90 Å². The van der Waals surface area contributed by atoms with Crippen LogP contribution < -0.4 is 5.73 Å². The van der Waals surface area contributed by atoms with Crippen LogP contribution in [-0.2, 0) is 19.6 Å². The van der Waals surface area contributed by atoms with E-state index in [-0.39, 0.29) is 13.2 Å². The molecule has 6 heteroatoms. The summed E-state index contributed by atoms with van der Waals surface area (Å²) in [6.45, 7) is -0.411. The molecule has 1 aromatic carbocycles. The van der Waals surface area contributed by atoms with Crippen molar-refractivity contribution in [1.29, 1.82) is 0 Å². The first-order valence-corrected chi connectivity index (χ1v) is 5.69. The minimum Gasteiger partial charge on any atom is -0.398 e. The molecule has 0 bridgehead atoms. The highest BCUT2D eigenvalue weighted by Gasteiger charge is 2.32. The summed E-state index contributed by atoms with van der Waals surface area (Å²) in [6.07, 6.45) is -3.62. The summed E-state index contributed by atoms with van der Waals surface area (Å²) in [5.41, 5.74) is 8.60. The van der Waals surface area contributed by atoms with Gasteiger partial charge in [0.1, 0.15) is 0 Å². The molecule has 0 saturated carbocycles. The lowest BCUT2D eigenvalue weighted by molar-refractivity contribution is -0.147. The van der Waals surface area contributed by atoms with E-state index in [0.29, 0.717) is 24.2 Å². The van der Waals surface area contributed by atoms with E-state index < -0.39 is 12.7 Å². The van der Waals surface area contributed by atoms with Gasteiger partial charge in [-0.2, -0.15) is 13.2 Å². The van der Waals surface area contributed by atoms with Crippen molar-refractivity contribution >= 4 is 5.69 Å². The zero-order valence-corrected chi connectivity index (χ0v) is 9.80. The van der Waals surface area contributed by atoms with Crippen molar-refractivity contribution in [2.75, 3.05) is 18.8 Å². The number of hydrogen-bond donors (Lipinski definition) is 2. The molecule has 1 aliphatic rings. The Labute approximate surface area is 103 Å². The van der Waals surface area contributed by atoms with Crippen molar-refractivity contribution < 1.29 is 18.3 Å². The summed E-state index contributed by atoms with van der Waals surface area (Å²) in [4.78, 5) is 1.36. The molecular weight excluding hydrogens is 245 g/mol. The largest absolute Gasteiger partial charge is 0.401 e. The molecule has 3 N–H and O–H groups in total. The topological polar surface area (TPSA) is 49.5 Å². The summed E-state index contributed by atoms with van der Waals surface area (Å²) in [5.74, 6) is 0. The van der Waals surface area contributed by atoms with Gasteiger partial charge in [0.2, 0.25) is 0 Å². The third kappa shape index (κ3) is 2.94. The van der Waals surface area contributed by atoms with Gasteiger partial charge < -0.3 is 10.8 Å². The van der Waals surface area contributed by atoms with Crippen LogP contribution in [0.1, 0.15) is 16.7 Å². The molecule has 100 valence electrons. The minimum absolute atomic E-state index is 0.147. The fraction of sp³-hybridized carbons (Fsp3) is 0.500. The lowest BCUT2D eigenvalue weighted by Crippen LogP contribution is -2.38. The van der Waals surface area contributed by atoms with Gasteiger partial charge in [-0.25, -0.2) is 0 Å². The minimum atomic E-state index is -4.17. The van der Waals surface area contributed by atoms with E-state index in [1.807, 2.05) is 0 Å². The third-order valence-corrected chi connectivity index (χ3v) is 3.13. The van der Waals surface area contributed by atoms with Crippen molar-refractivity contribution in [3.8, 4) is 0 Å². The van der Waals surface area contributed by atoms with E-state index >= 15 is 0 Å². The molecule has 0 aromatic heterocycles. The fourth-order valence-corrected chi connectivity index (χ4v) is 2.26. The lowest BCUT2D eigenvalue weighted by atomic mass is 9.96. The second kappa shape index (κ2) is 4.78. The predicted octanol–water partition coefficient (Wildman–Crippen LogP) is 1.68. The quantitative estimate of drug-likeness (QED) is 0.795. The second-order valence-corrected chi connectivity index (χ2v) is 4.55. The molecule has 3 nitrogen and oxygen atoms in total. The van der Waals surface area contributed by atoms with E-state index in [9.17, 15) is 13.2 Å². The number of nitrogens with zero attached hydrogens (tertiary/aromatic N) is 1. The van der Waals surface area contributed by atoms with Gasteiger partial charge >= 0.3 is 6.18 Å². The number of fused-ring (bicyclic) bond motifs is 1. The van der Waals surface area contributed by atoms with Crippen molar-refractivity contribution in [2.45, 2.75) is 25.7 Å². The van der Waals surface area contributed by atoms with E-state index in [0.717, 1.165) is 11.1 Å². The average molecular weight is 260 g/mol. The molecule has 18 heavy (non-hydrogen) atoms. The molecule has 0 atom stereocenters. The average Bonchev–Trinajstić information content (AvgIpc) is 2.25. The summed E-state index contributed by atoms with van der Waals surface area (Å²) in [6, 6.07) is 3.46. The standard InChI is InChI=1S/C12H15F3N2O/c13-12(14,15)7-17-2-1-8-3-10(6-18)11(16)4-9(8)5-17/h3-4,18H,1-2,5-7,16H2. The maximum absolute atomic E-state index is 12.3. The normalized spacial score (nSPS) is 16.7. The van der Waals surface area contributed by atoms with Gasteiger partial charge in [0.15, 0.2) is 0 Å². The van der Waals surface area contributed by atoms with E-state index in [1.54, 1.807) is 12.1 Å². The van der Waals surface area contributed by atoms with Crippen molar-refractivity contribution in [3.05, 3.63) is 28.8 Å². The van der Waals surface area contributed by atoms with Gasteiger partial charge in [0.05, 0.1) is 13.2 Å². The Morgan fingerprint density at radius 1 is 1.28 bits per heavy atom. The zero-order chi connectivity index (χ0) is 13.3. The van der Waals surface area contributed by atoms with Crippen molar-refractivity contribution in [1.82, 2.24) is 4.90 Å². The Bertz CT molecular complexity index is 446. The third-order valence-electron chi connectivity index (χ3n) is 3.13. The smallest absolute Gasteiger partial charge is 0.398 e. The summed E-state index contributed by atoms with van der Waals surface area (Å²) in [5, 5.41) is 9.09. The highest BCUT2D eigenvalue weighted by molar-refractivity contribution is 5.52. The molecule has 0 aliphatic carbocycles. The number of rotatable bonds is 2. The maximum Gasteiger partial charge on any atom is 0.401 e. The molecule has 0 unspecified atom stereocenters. The number of nitrogen functional groups attached to an aromatic ring is 1. The number of anilines is 1. The van der Waals surface area contributed by atoms with Gasteiger partial charge in [-0.15, -0.1) is 0 Å². The van der Waals surface area contributed by atoms with Gasteiger partial charge in [0, 0.05) is 24.3 Å². The predicted molar refractivity (Wildman–Crippen MR) is 61.8 cm³/mol. The van der Waals surface area contributed by atoms with E-state index in [2.05, 4.69) is 0 Å². The SMILES string of the molecule is Nc1cc2c(cc1CO)CCN(CC(F)(F)F)C2. The Balaban J connectivity index is 2.17. The number of hydrogen-bond acceptors (Lipinski definition) is 3. The highest BCUT2D eigenvalue weighted by Crippen LogP contribution is 2.27. The Kier molecular flexibility index (Phi) is 3.49. The Hall–Kier alpha value is -1.27. The van der Waals surface area contributed by atoms with Gasteiger partial charge in [0.25, 0.3) is 0 Å². The van der Waals surface area contributed by atoms with E-state index in [1.165, 1.54) is 4.90 Å². The molecule has 2 rings (SSSR count). The molecule has 0 radical (unpaired) electrons. The second-order valence-electron chi connectivity index (χ2n) is 4.55. The van der Waals surface area contributed by atoms with Crippen LogP contribution >= 0.6 is 0 Å². The summed E-state index contributed by atoms with van der Waals surface area (Å²) >= 11 is 0. The number of benzene rings is 1. The molecular formula is C12H15F3N2O. The van der Waals surface area contributed by atoms with Crippen LogP contribution in [0.3, 0.4) is 0 Å². The van der Waals surface area contributed by atoms with Crippen LogP contribution in [-0.4, -0.2) is 29.3 Å². The van der Waals surface area contributed by atoms with Crippen molar-refractivity contribution in [2.24, 2.45) is 0 Å². The summed E-state index contributed by atoms with van der Waals surface area (Å²) in [7, 11) is 0. The van der Waals surface area contributed by atoms with Crippen LogP contribution in [0.15, 0.2) is 12.1 Å². The molecule has 1 aromatic rings. The van der Waals surface area contributed by atoms with Crippen LogP contribution in [0.2, 0.25) is 0 Å². The van der Waals surface area contributed by atoms with Crippen molar-refractivity contribution in [3.63, 3.8) is 0 Å². The molecule has 0 fully saturated rings. The first kappa shape index (κ1) is 13.2. The Morgan fingerprint density at radius 3 is 2.61 bits per heavy atom.